The lowest BCUT2D eigenvalue weighted by Gasteiger charge is -2.22. The summed E-state index contributed by atoms with van der Waals surface area (Å²) in [6.45, 7) is 1.71. The average Bonchev–Trinajstić information content (AvgIpc) is 2.80. The largest absolute Gasteiger partial charge is 0.418 e. The quantitative estimate of drug-likeness (QED) is 0.232. The molecule has 0 aliphatic carbocycles. The van der Waals surface area contributed by atoms with E-state index in [1.807, 2.05) is 6.92 Å². The van der Waals surface area contributed by atoms with Crippen LogP contribution in [0.2, 0.25) is 0 Å². The number of nitrogens with one attached hydrogen (secondary N) is 3. The number of urea groups is 1. The Morgan fingerprint density at radius 2 is 1.76 bits per heavy atom. The molecule has 0 bridgehead atoms. The first-order valence-corrected chi connectivity index (χ1v) is 11.7. The summed E-state index contributed by atoms with van der Waals surface area (Å²) in [5.41, 5.74) is 4.80. The molecule has 0 radical (unpaired) electrons. The lowest BCUT2D eigenvalue weighted by molar-refractivity contribution is -0.137. The van der Waals surface area contributed by atoms with Crippen LogP contribution < -0.4 is 21.7 Å². The zero-order valence-electron chi connectivity index (χ0n) is 18.0. The number of nitrogens with two attached hydrogens (primary N) is 1. The lowest BCUT2D eigenvalue weighted by Crippen LogP contribution is -2.41. The van der Waals surface area contributed by atoms with E-state index in [4.69, 9.17) is 5.73 Å². The molecule has 0 fully saturated rings. The van der Waals surface area contributed by atoms with Crippen molar-refractivity contribution in [1.82, 2.24) is 15.3 Å². The van der Waals surface area contributed by atoms with Gasteiger partial charge in [-0.15, -0.1) is 0 Å². The van der Waals surface area contributed by atoms with Gasteiger partial charge in [0.05, 0.1) is 23.3 Å². The number of halogens is 4. The maximum atomic E-state index is 13.2. The van der Waals surface area contributed by atoms with Crippen molar-refractivity contribution in [1.29, 1.82) is 0 Å². The molecule has 0 saturated heterocycles. The van der Waals surface area contributed by atoms with Gasteiger partial charge in [-0.05, 0) is 30.2 Å². The minimum absolute atomic E-state index is 0.0760. The highest BCUT2D eigenvalue weighted by atomic mass is 127. The number of amides is 3. The zero-order chi connectivity index (χ0) is 24.9. The first kappa shape index (κ1) is 25.5. The molecule has 3 amide bonds. The van der Waals surface area contributed by atoms with Gasteiger partial charge in [0.15, 0.2) is 5.82 Å². The van der Waals surface area contributed by atoms with Gasteiger partial charge in [0.2, 0.25) is 5.91 Å². The molecule has 5 N–H and O–H groups in total. The summed E-state index contributed by atoms with van der Waals surface area (Å²) >= 11 is 2.16. The van der Waals surface area contributed by atoms with Gasteiger partial charge in [-0.25, -0.2) is 14.8 Å². The van der Waals surface area contributed by atoms with Crippen LogP contribution in [0.15, 0.2) is 48.5 Å². The van der Waals surface area contributed by atoms with Gasteiger partial charge in [0.25, 0.3) is 0 Å². The molecule has 2 atom stereocenters. The number of carbonyl (C=O) groups is 2. The second-order valence-corrected chi connectivity index (χ2v) is 8.39. The van der Waals surface area contributed by atoms with Crippen LogP contribution in [0.25, 0.3) is 10.9 Å². The Labute approximate surface area is 207 Å². The van der Waals surface area contributed by atoms with Crippen LogP contribution in [0.5, 0.6) is 0 Å². The van der Waals surface area contributed by atoms with Crippen LogP contribution in [0.1, 0.15) is 18.3 Å². The zero-order valence-corrected chi connectivity index (χ0v) is 20.1. The third-order valence-electron chi connectivity index (χ3n) is 4.95. The molecule has 1 aromatic heterocycles. The topological polar surface area (TPSA) is 122 Å². The number of rotatable bonds is 8. The van der Waals surface area contributed by atoms with Crippen molar-refractivity contribution in [3.8, 4) is 0 Å². The van der Waals surface area contributed by atoms with Gasteiger partial charge in [-0.2, -0.15) is 13.2 Å². The third-order valence-corrected chi connectivity index (χ3v) is 6.34. The van der Waals surface area contributed by atoms with E-state index >= 15 is 0 Å². The van der Waals surface area contributed by atoms with E-state index in [-0.39, 0.29) is 24.0 Å². The molecular weight excluding hydrogens is 564 g/mol. The molecule has 3 aromatic rings. The second-order valence-electron chi connectivity index (χ2n) is 7.51. The standard InChI is InChI=1S/C22H22F3IN6O2/c1-12(10-26)18(19(27)33)32-20-13-6-2-4-8-15(13)29-17(31-20)11-28-21(34)30-16-9-5-3-7-14(16)22(23,24)25/h2-9,12,18H,10-11H2,1H3,(H2,27,33)(H2,28,30,34)(H,29,31,32)/t12?,18-/m0/s1. The van der Waals surface area contributed by atoms with Gasteiger partial charge in [0, 0.05) is 9.81 Å². The van der Waals surface area contributed by atoms with Crippen LogP contribution in [-0.4, -0.2) is 32.4 Å². The molecule has 8 nitrogen and oxygen atoms in total. The Balaban J connectivity index is 1.81. The van der Waals surface area contributed by atoms with Gasteiger partial charge in [-0.1, -0.05) is 53.8 Å². The highest BCUT2D eigenvalue weighted by molar-refractivity contribution is 14.1. The maximum Gasteiger partial charge on any atom is 0.418 e. The first-order valence-electron chi connectivity index (χ1n) is 10.2. The van der Waals surface area contributed by atoms with Crippen LogP contribution in [0.4, 0.5) is 29.5 Å². The number of fused-ring (bicyclic) bond motifs is 1. The summed E-state index contributed by atoms with van der Waals surface area (Å²) in [4.78, 5) is 33.1. The predicted molar refractivity (Wildman–Crippen MR) is 131 cm³/mol. The molecule has 180 valence electrons. The van der Waals surface area contributed by atoms with Crippen molar-refractivity contribution < 1.29 is 22.8 Å². The molecule has 0 aliphatic heterocycles. The summed E-state index contributed by atoms with van der Waals surface area (Å²) in [5, 5.41) is 8.41. The number of hydrogen-bond donors (Lipinski definition) is 4. The Morgan fingerprint density at radius 3 is 2.44 bits per heavy atom. The lowest BCUT2D eigenvalue weighted by atomic mass is 10.0. The van der Waals surface area contributed by atoms with Crippen molar-refractivity contribution >= 4 is 56.9 Å². The molecule has 0 spiro atoms. The minimum Gasteiger partial charge on any atom is -0.368 e. The number of carbonyl (C=O) groups excluding carboxylic acids is 2. The van der Waals surface area contributed by atoms with Crippen molar-refractivity contribution in [2.45, 2.75) is 25.7 Å². The Bertz CT molecular complexity index is 1190. The number of benzene rings is 2. The van der Waals surface area contributed by atoms with Crippen molar-refractivity contribution in [3.63, 3.8) is 0 Å². The number of primary amides is 1. The number of hydrogen-bond acceptors (Lipinski definition) is 5. The van der Waals surface area contributed by atoms with Crippen LogP contribution >= 0.6 is 22.6 Å². The SMILES string of the molecule is CC(CI)[C@H](Nc1nc(CNC(=O)Nc2ccccc2C(F)(F)F)nc2ccccc12)C(N)=O. The molecule has 0 saturated carbocycles. The first-order chi connectivity index (χ1) is 16.1. The molecule has 1 heterocycles. The summed E-state index contributed by atoms with van der Waals surface area (Å²) in [5.74, 6) is -0.0429. The Kier molecular flexibility index (Phi) is 8.12. The van der Waals surface area contributed by atoms with Crippen molar-refractivity contribution in [2.75, 3.05) is 15.1 Å². The maximum absolute atomic E-state index is 13.2. The van der Waals surface area contributed by atoms with E-state index in [1.165, 1.54) is 12.1 Å². The van der Waals surface area contributed by atoms with E-state index in [0.717, 1.165) is 12.1 Å². The fraction of sp³-hybridized carbons (Fsp3) is 0.273. The summed E-state index contributed by atoms with van der Waals surface area (Å²) in [6.07, 6.45) is -4.61. The molecule has 12 heteroatoms. The number of aromatic nitrogens is 2. The molecule has 1 unspecified atom stereocenters. The van der Waals surface area contributed by atoms with Gasteiger partial charge >= 0.3 is 12.2 Å². The summed E-state index contributed by atoms with van der Waals surface area (Å²) in [6, 6.07) is 10.2. The van der Waals surface area contributed by atoms with Crippen LogP contribution in [0.3, 0.4) is 0 Å². The smallest absolute Gasteiger partial charge is 0.368 e. The predicted octanol–water partition coefficient (Wildman–Crippen LogP) is 4.31. The number of nitrogens with zero attached hydrogens (tertiary/aromatic N) is 2. The van der Waals surface area contributed by atoms with Gasteiger partial charge in [-0.3, -0.25) is 4.79 Å². The van der Waals surface area contributed by atoms with E-state index < -0.39 is 29.7 Å². The van der Waals surface area contributed by atoms with Gasteiger partial charge < -0.3 is 21.7 Å². The third kappa shape index (κ3) is 6.24. The summed E-state index contributed by atoms with van der Waals surface area (Å²) < 4.78 is 40.1. The molecule has 3 rings (SSSR count). The fourth-order valence-electron chi connectivity index (χ4n) is 3.21. The monoisotopic (exact) mass is 586 g/mol. The van der Waals surface area contributed by atoms with Crippen molar-refractivity contribution in [2.24, 2.45) is 11.7 Å². The fourth-order valence-corrected chi connectivity index (χ4v) is 3.72. The molecule has 2 aromatic carbocycles. The van der Waals surface area contributed by atoms with Gasteiger partial charge in [0.1, 0.15) is 11.9 Å². The summed E-state index contributed by atoms with van der Waals surface area (Å²) in [7, 11) is 0. The number of alkyl halides is 4. The van der Waals surface area contributed by atoms with Crippen LogP contribution in [0, 0.1) is 5.92 Å². The molecular formula is C22H22F3IN6O2. The molecule has 0 aliphatic rings. The average molecular weight is 586 g/mol. The highest BCUT2D eigenvalue weighted by Crippen LogP contribution is 2.34. The van der Waals surface area contributed by atoms with E-state index in [9.17, 15) is 22.8 Å². The highest BCUT2D eigenvalue weighted by Gasteiger charge is 2.33. The molecule has 34 heavy (non-hydrogen) atoms. The Morgan fingerprint density at radius 1 is 1.09 bits per heavy atom. The van der Waals surface area contributed by atoms with E-state index in [1.54, 1.807) is 24.3 Å². The number of anilines is 2. The van der Waals surface area contributed by atoms with E-state index in [0.29, 0.717) is 21.1 Å². The normalized spacial score (nSPS) is 13.2. The van der Waals surface area contributed by atoms with E-state index in [2.05, 4.69) is 48.5 Å². The Hall–Kier alpha value is -3.16. The second kappa shape index (κ2) is 10.8. The minimum atomic E-state index is -4.61. The van der Waals surface area contributed by atoms with Crippen molar-refractivity contribution in [3.05, 3.63) is 59.9 Å². The number of para-hydroxylation sites is 2. The van der Waals surface area contributed by atoms with Crippen LogP contribution in [-0.2, 0) is 17.5 Å².